The number of nitrogens with two attached hydrogens (primary N) is 2. The summed E-state index contributed by atoms with van der Waals surface area (Å²) in [7, 11) is 0. The molecule has 0 radical (unpaired) electrons. The van der Waals surface area contributed by atoms with Gasteiger partial charge >= 0.3 is 0 Å². The Labute approximate surface area is 212 Å². The van der Waals surface area contributed by atoms with Crippen molar-refractivity contribution in [3.8, 4) is 0 Å². The third kappa shape index (κ3) is 5.39. The smallest absolute Gasteiger partial charge is 0.237 e. The predicted octanol–water partition coefficient (Wildman–Crippen LogP) is 2.15. The maximum atomic E-state index is 13.6. The fraction of sp³-hybridized carbons (Fsp3) is 0.917. The Hall–Kier alpha value is -0.580. The van der Waals surface area contributed by atoms with Gasteiger partial charge in [0.05, 0.1) is 22.7 Å². The molecule has 8 nitrogen and oxygen atoms in total. The Balaban J connectivity index is 1.30. The van der Waals surface area contributed by atoms with Gasteiger partial charge in [-0.1, -0.05) is 0 Å². The van der Waals surface area contributed by atoms with Crippen molar-refractivity contribution in [1.29, 1.82) is 5.41 Å². The van der Waals surface area contributed by atoms with Crippen molar-refractivity contribution >= 4 is 35.1 Å². The maximum Gasteiger partial charge on any atom is 0.237 e. The van der Waals surface area contributed by atoms with E-state index in [1.165, 1.54) is 0 Å². The second-order valence-corrected chi connectivity index (χ2v) is 13.4. The van der Waals surface area contributed by atoms with Crippen molar-refractivity contribution in [1.82, 2.24) is 15.7 Å². The van der Waals surface area contributed by atoms with Crippen LogP contribution in [0.1, 0.15) is 64.2 Å². The first-order valence-corrected chi connectivity index (χ1v) is 14.6. The minimum absolute atomic E-state index is 0.114. The van der Waals surface area contributed by atoms with Crippen molar-refractivity contribution in [2.45, 2.75) is 104 Å². The molecule has 5 fully saturated rings. The summed E-state index contributed by atoms with van der Waals surface area (Å²) in [6.07, 6.45) is 9.92. The van der Waals surface area contributed by atoms with E-state index in [9.17, 15) is 4.79 Å². The van der Waals surface area contributed by atoms with Crippen molar-refractivity contribution in [3.05, 3.63) is 0 Å². The number of hydrogen-bond acceptors (Lipinski definition) is 7. The molecule has 2 aliphatic carbocycles. The molecule has 192 valence electrons. The summed E-state index contributed by atoms with van der Waals surface area (Å²) in [6.45, 7) is 1.63. The lowest BCUT2D eigenvalue weighted by Gasteiger charge is -2.39. The standard InChI is InChI=1S/C24H41ClN6O2S/c25-21-8-7-20(34-21)22-15(11-29-33-22)12-31-18-10-14(23(27)28)2-1-13(18)9-19(31)24(32)30-17-5-3-16(26)4-6-17/h13-22,29H,1-12,26H2,(H3,27,28)(H,30,32). The molecule has 5 rings (SSSR count). The number of halogens is 1. The number of hydrogen-bond donors (Lipinski definition) is 5. The quantitative estimate of drug-likeness (QED) is 0.209. The van der Waals surface area contributed by atoms with Gasteiger partial charge in [-0.2, -0.15) is 0 Å². The van der Waals surface area contributed by atoms with Gasteiger partial charge in [0, 0.05) is 48.3 Å². The first-order chi connectivity index (χ1) is 16.4. The Kier molecular flexibility index (Phi) is 7.97. The second-order valence-electron chi connectivity index (χ2n) is 11.2. The van der Waals surface area contributed by atoms with E-state index in [0.29, 0.717) is 29.0 Å². The minimum Gasteiger partial charge on any atom is -0.387 e. The van der Waals surface area contributed by atoms with E-state index in [1.54, 1.807) is 0 Å². The first kappa shape index (κ1) is 25.1. The van der Waals surface area contributed by atoms with E-state index >= 15 is 0 Å². The zero-order chi connectivity index (χ0) is 23.8. The average molecular weight is 513 g/mol. The minimum atomic E-state index is -0.116. The lowest BCUT2D eigenvalue weighted by atomic mass is 9.78. The molecule has 0 aromatic carbocycles. The predicted molar refractivity (Wildman–Crippen MR) is 137 cm³/mol. The number of fused-ring (bicyclic) bond motifs is 1. The zero-order valence-electron chi connectivity index (χ0n) is 20.0. The van der Waals surface area contributed by atoms with E-state index in [0.717, 1.165) is 77.3 Å². The molecule has 8 atom stereocenters. The summed E-state index contributed by atoms with van der Waals surface area (Å²) in [5.74, 6) is 1.41. The monoisotopic (exact) mass is 512 g/mol. The highest BCUT2D eigenvalue weighted by atomic mass is 35.5. The number of thioether (sulfide) groups is 1. The van der Waals surface area contributed by atoms with Crippen LogP contribution in [-0.2, 0) is 9.63 Å². The summed E-state index contributed by atoms with van der Waals surface area (Å²) in [5, 5.41) is 11.8. The van der Waals surface area contributed by atoms with Crippen LogP contribution in [-0.4, -0.2) is 70.0 Å². The SMILES string of the molecule is N=C(N)C1CCC2CC(C(=O)NC3CCC(N)CC3)N(CC3CNOC3C3CCC(Cl)S3)C2C1. The number of amidine groups is 1. The van der Waals surface area contributed by atoms with Gasteiger partial charge in [0.1, 0.15) is 0 Å². The van der Waals surface area contributed by atoms with Crippen molar-refractivity contribution in [2.24, 2.45) is 29.2 Å². The number of carbonyl (C=O) groups is 1. The van der Waals surface area contributed by atoms with Gasteiger partial charge in [0.25, 0.3) is 0 Å². The van der Waals surface area contributed by atoms with Gasteiger partial charge in [0.15, 0.2) is 0 Å². The lowest BCUT2D eigenvalue weighted by Crippen LogP contribution is -2.53. The Bertz CT molecular complexity index is 753. The molecule has 0 spiro atoms. The highest BCUT2D eigenvalue weighted by molar-refractivity contribution is 8.01. The van der Waals surface area contributed by atoms with Crippen molar-refractivity contribution in [3.63, 3.8) is 0 Å². The van der Waals surface area contributed by atoms with E-state index in [1.807, 2.05) is 11.8 Å². The van der Waals surface area contributed by atoms with Crippen LogP contribution in [0.3, 0.4) is 0 Å². The molecule has 3 saturated heterocycles. The molecule has 7 N–H and O–H groups in total. The van der Waals surface area contributed by atoms with E-state index in [-0.39, 0.29) is 40.8 Å². The Morgan fingerprint density at radius 3 is 2.65 bits per heavy atom. The van der Waals surface area contributed by atoms with Crippen LogP contribution in [0, 0.1) is 23.2 Å². The van der Waals surface area contributed by atoms with Crippen LogP contribution in [0.2, 0.25) is 0 Å². The van der Waals surface area contributed by atoms with Gasteiger partial charge < -0.3 is 16.8 Å². The molecule has 3 aliphatic heterocycles. The number of nitrogens with zero attached hydrogens (tertiary/aromatic N) is 1. The summed E-state index contributed by atoms with van der Waals surface area (Å²) < 4.78 is 0.169. The number of carbonyl (C=O) groups excluding carboxylic acids is 1. The highest BCUT2D eigenvalue weighted by Gasteiger charge is 2.50. The van der Waals surface area contributed by atoms with Gasteiger partial charge in [-0.15, -0.1) is 23.4 Å². The summed E-state index contributed by atoms with van der Waals surface area (Å²) in [5.41, 5.74) is 15.2. The second kappa shape index (κ2) is 10.8. The Morgan fingerprint density at radius 2 is 1.94 bits per heavy atom. The third-order valence-electron chi connectivity index (χ3n) is 9.01. The largest absolute Gasteiger partial charge is 0.387 e. The van der Waals surface area contributed by atoms with Crippen LogP contribution >= 0.6 is 23.4 Å². The molecule has 1 amide bonds. The van der Waals surface area contributed by atoms with Gasteiger partial charge in [-0.25, -0.2) is 5.48 Å². The molecule has 34 heavy (non-hydrogen) atoms. The van der Waals surface area contributed by atoms with Gasteiger partial charge in [-0.05, 0) is 70.1 Å². The van der Waals surface area contributed by atoms with E-state index in [2.05, 4.69) is 15.7 Å². The molecule has 0 aromatic rings. The number of alkyl halides is 1. The molecular weight excluding hydrogens is 472 g/mol. The molecule has 3 heterocycles. The van der Waals surface area contributed by atoms with Crippen molar-refractivity contribution < 1.29 is 9.63 Å². The number of amides is 1. The fourth-order valence-corrected chi connectivity index (χ4v) is 8.93. The van der Waals surface area contributed by atoms with Crippen LogP contribution in [0.5, 0.6) is 0 Å². The van der Waals surface area contributed by atoms with E-state index in [4.69, 9.17) is 33.3 Å². The topological polar surface area (TPSA) is 129 Å². The Morgan fingerprint density at radius 1 is 1.15 bits per heavy atom. The number of rotatable bonds is 6. The van der Waals surface area contributed by atoms with Gasteiger partial charge in [0.2, 0.25) is 5.91 Å². The zero-order valence-corrected chi connectivity index (χ0v) is 21.5. The first-order valence-electron chi connectivity index (χ1n) is 13.2. The molecule has 10 heteroatoms. The molecule has 5 aliphatic rings. The number of hydroxylamine groups is 1. The van der Waals surface area contributed by atoms with Crippen LogP contribution in [0.4, 0.5) is 0 Å². The average Bonchev–Trinajstić information content (AvgIpc) is 3.54. The lowest BCUT2D eigenvalue weighted by molar-refractivity contribution is -0.127. The van der Waals surface area contributed by atoms with Crippen LogP contribution < -0.4 is 22.3 Å². The molecule has 2 saturated carbocycles. The van der Waals surface area contributed by atoms with Crippen LogP contribution in [0.25, 0.3) is 0 Å². The van der Waals surface area contributed by atoms with Crippen molar-refractivity contribution in [2.75, 3.05) is 13.1 Å². The molecular formula is C24H41ClN6O2S. The van der Waals surface area contributed by atoms with E-state index < -0.39 is 0 Å². The summed E-state index contributed by atoms with van der Waals surface area (Å²) in [6, 6.07) is 0.697. The fourth-order valence-electron chi connectivity index (χ4n) is 7.05. The summed E-state index contributed by atoms with van der Waals surface area (Å²) in [4.78, 5) is 22.1. The highest BCUT2D eigenvalue weighted by Crippen LogP contribution is 2.45. The maximum absolute atomic E-state index is 13.6. The number of nitrogens with one attached hydrogen (secondary N) is 3. The summed E-state index contributed by atoms with van der Waals surface area (Å²) >= 11 is 8.22. The number of likely N-dealkylation sites (tertiary alicyclic amines) is 1. The van der Waals surface area contributed by atoms with Crippen LogP contribution in [0.15, 0.2) is 0 Å². The molecule has 0 bridgehead atoms. The molecule has 8 unspecified atom stereocenters. The normalized spacial score (nSPS) is 45.2. The molecule has 0 aromatic heterocycles. The third-order valence-corrected chi connectivity index (χ3v) is 10.9. The van der Waals surface area contributed by atoms with Gasteiger partial charge in [-0.3, -0.25) is 19.9 Å².